The Morgan fingerprint density at radius 2 is 1.70 bits per heavy atom. The van der Waals surface area contributed by atoms with Crippen LogP contribution in [0, 0.1) is 0 Å². The molecule has 0 aliphatic rings. The van der Waals surface area contributed by atoms with Gasteiger partial charge >= 0.3 is 5.97 Å². The van der Waals surface area contributed by atoms with Crippen molar-refractivity contribution < 1.29 is 36.0 Å². The minimum absolute atomic E-state index is 0.0258. The van der Waals surface area contributed by atoms with E-state index in [0.717, 1.165) is 25.7 Å². The molecule has 30 heavy (non-hydrogen) atoms. The summed E-state index contributed by atoms with van der Waals surface area (Å²) in [7, 11) is -2.57. The third-order valence-electron chi connectivity index (χ3n) is 4.01. The first-order chi connectivity index (χ1) is 14.2. The zero-order chi connectivity index (χ0) is 22.8. The maximum Gasteiger partial charge on any atom is 0.350 e. The van der Waals surface area contributed by atoms with Crippen LogP contribution in [0.25, 0.3) is 0 Å². The number of carbonyl (C=O) groups excluding carboxylic acids is 1. The van der Waals surface area contributed by atoms with Crippen molar-refractivity contribution in [2.45, 2.75) is 85.0 Å². The number of aryl methyl sites for hydroxylation is 1. The highest BCUT2D eigenvalue weighted by Crippen LogP contribution is 2.05. The summed E-state index contributed by atoms with van der Waals surface area (Å²) in [5.74, 6) is -0.287. The highest BCUT2D eigenvalue weighted by Gasteiger charge is 2.13. The van der Waals surface area contributed by atoms with Crippen molar-refractivity contribution in [3.05, 3.63) is 18.7 Å². The predicted molar refractivity (Wildman–Crippen MR) is 111 cm³/mol. The SMILES string of the molecule is CCCCCCCCOS(=O)(=O)[O-].CCCCOC(C)OC(=O)Cn1cc[n+](C)c1. The van der Waals surface area contributed by atoms with Crippen LogP contribution in [0.1, 0.15) is 72.1 Å². The molecule has 1 rings (SSSR count). The Hall–Kier alpha value is -1.49. The molecule has 0 N–H and O–H groups in total. The number of hydrogen-bond donors (Lipinski definition) is 0. The van der Waals surface area contributed by atoms with Crippen molar-refractivity contribution >= 4 is 16.4 Å². The van der Waals surface area contributed by atoms with Gasteiger partial charge in [0.05, 0.1) is 20.3 Å². The van der Waals surface area contributed by atoms with Gasteiger partial charge in [-0.3, -0.25) is 4.18 Å². The van der Waals surface area contributed by atoms with Crippen LogP contribution in [0.2, 0.25) is 0 Å². The molecule has 0 radical (unpaired) electrons. The Balaban J connectivity index is 0.000000584. The van der Waals surface area contributed by atoms with Gasteiger partial charge in [0.1, 0.15) is 12.4 Å². The summed E-state index contributed by atoms with van der Waals surface area (Å²) in [5, 5.41) is 0. The highest BCUT2D eigenvalue weighted by molar-refractivity contribution is 7.80. The van der Waals surface area contributed by atoms with Crippen LogP contribution in [-0.4, -0.2) is 43.0 Å². The molecule has 0 saturated heterocycles. The number of esters is 1. The summed E-state index contributed by atoms with van der Waals surface area (Å²) in [4.78, 5) is 11.5. The lowest BCUT2D eigenvalue weighted by atomic mass is 10.1. The van der Waals surface area contributed by atoms with Crippen molar-refractivity contribution in [3.8, 4) is 0 Å². The topological polar surface area (TPSA) is 111 Å². The van der Waals surface area contributed by atoms with Crippen LogP contribution in [0.5, 0.6) is 0 Å². The van der Waals surface area contributed by atoms with E-state index in [1.54, 1.807) is 11.5 Å². The molecule has 0 amide bonds. The quantitative estimate of drug-likeness (QED) is 0.101. The zero-order valence-electron chi connectivity index (χ0n) is 18.7. The number of rotatable bonds is 15. The van der Waals surface area contributed by atoms with Crippen molar-refractivity contribution in [2.24, 2.45) is 7.05 Å². The number of aromatic nitrogens is 2. The van der Waals surface area contributed by atoms with Gasteiger partial charge in [-0.25, -0.2) is 22.3 Å². The lowest BCUT2D eigenvalue weighted by Gasteiger charge is -2.12. The molecule has 10 heteroatoms. The van der Waals surface area contributed by atoms with Crippen LogP contribution in [0.15, 0.2) is 18.7 Å². The second-order valence-electron chi connectivity index (χ2n) is 7.03. The Kier molecular flexibility index (Phi) is 16.4. The van der Waals surface area contributed by atoms with E-state index in [2.05, 4.69) is 18.0 Å². The van der Waals surface area contributed by atoms with Gasteiger partial charge in [-0.05, 0) is 19.8 Å². The average Bonchev–Trinajstić information content (AvgIpc) is 3.05. The van der Waals surface area contributed by atoms with Crippen LogP contribution in [0.3, 0.4) is 0 Å². The third-order valence-corrected chi connectivity index (χ3v) is 4.46. The molecule has 176 valence electrons. The van der Waals surface area contributed by atoms with Crippen molar-refractivity contribution in [1.29, 1.82) is 0 Å². The third kappa shape index (κ3) is 18.5. The molecule has 1 unspecified atom stereocenters. The summed E-state index contributed by atoms with van der Waals surface area (Å²) >= 11 is 0. The summed E-state index contributed by atoms with van der Waals surface area (Å²) < 4.78 is 48.1. The maximum absolute atomic E-state index is 11.5. The fourth-order valence-corrected chi connectivity index (χ4v) is 2.76. The van der Waals surface area contributed by atoms with Gasteiger partial charge in [-0.1, -0.05) is 52.4 Å². The van der Waals surface area contributed by atoms with Crippen LogP contribution in [0.4, 0.5) is 0 Å². The first-order valence-electron chi connectivity index (χ1n) is 10.6. The lowest BCUT2D eigenvalue weighted by molar-refractivity contribution is -0.671. The normalized spacial score (nSPS) is 12.2. The lowest BCUT2D eigenvalue weighted by Crippen LogP contribution is -2.25. The molecular weight excluding hydrogens is 412 g/mol. The molecule has 1 aromatic heterocycles. The summed E-state index contributed by atoms with van der Waals surface area (Å²) in [6.07, 6.45) is 13.3. The van der Waals surface area contributed by atoms with E-state index in [1.807, 2.05) is 30.3 Å². The van der Waals surface area contributed by atoms with Crippen molar-refractivity contribution in [2.75, 3.05) is 13.2 Å². The fraction of sp³-hybridized carbons (Fsp3) is 0.800. The molecule has 0 fully saturated rings. The van der Waals surface area contributed by atoms with Gasteiger partial charge in [0.15, 0.2) is 12.8 Å². The van der Waals surface area contributed by atoms with Gasteiger partial charge in [-0.15, -0.1) is 0 Å². The van der Waals surface area contributed by atoms with Crippen molar-refractivity contribution in [1.82, 2.24) is 4.57 Å². The first kappa shape index (κ1) is 28.5. The molecule has 0 aliphatic heterocycles. The van der Waals surface area contributed by atoms with E-state index >= 15 is 0 Å². The Bertz CT molecular complexity index is 662. The minimum atomic E-state index is -4.47. The fourth-order valence-electron chi connectivity index (χ4n) is 2.44. The molecule has 0 spiro atoms. The van der Waals surface area contributed by atoms with E-state index in [9.17, 15) is 17.8 Å². The van der Waals surface area contributed by atoms with Crippen molar-refractivity contribution in [3.63, 3.8) is 0 Å². The highest BCUT2D eigenvalue weighted by atomic mass is 32.3. The Labute approximate surface area is 181 Å². The molecule has 1 aromatic rings. The first-order valence-corrected chi connectivity index (χ1v) is 11.9. The van der Waals surface area contributed by atoms with Crippen LogP contribution < -0.4 is 4.57 Å². The van der Waals surface area contributed by atoms with Gasteiger partial charge in [0, 0.05) is 0 Å². The van der Waals surface area contributed by atoms with E-state index < -0.39 is 16.7 Å². The largest absolute Gasteiger partial charge is 0.726 e. The standard InChI is InChI=1S/C12H21N2O3.C8H18O4S/c1-4-5-8-16-11(2)17-12(15)9-14-7-6-13(3)10-14;1-2-3-4-5-6-7-8-12-13(9,10)11/h6-7,10-11H,4-5,8-9H2,1-3H3;2-8H2,1H3,(H,9,10,11)/q+1;/p-1. The molecular formula is C20H38N2O7S. The summed E-state index contributed by atoms with van der Waals surface area (Å²) in [5.41, 5.74) is 0. The number of imidazole rings is 1. The van der Waals surface area contributed by atoms with Gasteiger partial charge in [-0.2, -0.15) is 0 Å². The summed E-state index contributed by atoms with van der Waals surface area (Å²) in [6.45, 7) is 6.83. The van der Waals surface area contributed by atoms with Gasteiger partial charge in [0.2, 0.25) is 16.7 Å². The van der Waals surface area contributed by atoms with E-state index in [4.69, 9.17) is 9.47 Å². The minimum Gasteiger partial charge on any atom is -0.726 e. The van der Waals surface area contributed by atoms with Crippen LogP contribution in [-0.2, 0) is 42.4 Å². The van der Waals surface area contributed by atoms with Gasteiger partial charge in [0.25, 0.3) is 0 Å². The molecule has 0 aliphatic carbocycles. The van der Waals surface area contributed by atoms with E-state index in [0.29, 0.717) is 13.0 Å². The second kappa shape index (κ2) is 17.2. The summed E-state index contributed by atoms with van der Waals surface area (Å²) in [6, 6.07) is 0. The molecule has 9 nitrogen and oxygen atoms in total. The monoisotopic (exact) mass is 450 g/mol. The zero-order valence-corrected chi connectivity index (χ0v) is 19.6. The van der Waals surface area contributed by atoms with E-state index in [-0.39, 0.29) is 19.1 Å². The number of ether oxygens (including phenoxy) is 2. The van der Waals surface area contributed by atoms with Gasteiger partial charge < -0.3 is 14.0 Å². The molecule has 0 bridgehead atoms. The molecule has 1 atom stereocenters. The maximum atomic E-state index is 11.5. The smallest absolute Gasteiger partial charge is 0.350 e. The molecule has 0 aromatic carbocycles. The number of hydrogen-bond acceptors (Lipinski definition) is 7. The van der Waals surface area contributed by atoms with Crippen LogP contribution >= 0.6 is 0 Å². The number of carbonyl (C=O) groups is 1. The Morgan fingerprint density at radius 3 is 2.27 bits per heavy atom. The molecule has 0 saturated carbocycles. The Morgan fingerprint density at radius 1 is 1.07 bits per heavy atom. The van der Waals surface area contributed by atoms with E-state index in [1.165, 1.54) is 19.3 Å². The number of unbranched alkanes of at least 4 members (excludes halogenated alkanes) is 6. The predicted octanol–water partition coefficient (Wildman–Crippen LogP) is 2.84. The number of nitrogens with zero attached hydrogens (tertiary/aromatic N) is 2. The second-order valence-corrected chi connectivity index (χ2v) is 8.08. The molecule has 1 heterocycles. The average molecular weight is 451 g/mol.